The number of hydrogen-bond acceptors (Lipinski definition) is 5. The third-order valence-electron chi connectivity index (χ3n) is 4.29. The van der Waals surface area contributed by atoms with Crippen LogP contribution in [0, 0.1) is 0 Å². The van der Waals surface area contributed by atoms with Crippen molar-refractivity contribution in [2.45, 2.75) is 37.8 Å². The van der Waals surface area contributed by atoms with Crippen molar-refractivity contribution in [2.75, 3.05) is 26.2 Å². The lowest BCUT2D eigenvalue weighted by atomic mass is 10.2. The molecule has 1 aromatic rings. The second-order valence-corrected chi connectivity index (χ2v) is 9.07. The molecule has 8 nitrogen and oxygen atoms in total. The number of hydrogen-bond donors (Lipinski definition) is 2. The summed E-state index contributed by atoms with van der Waals surface area (Å²) < 4.78 is 26.8. The van der Waals surface area contributed by atoms with Gasteiger partial charge >= 0.3 is 6.03 Å². The Hall–Kier alpha value is -1.68. The molecule has 0 saturated carbocycles. The molecule has 2 N–H and O–H groups in total. The van der Waals surface area contributed by atoms with Crippen LogP contribution in [0.15, 0.2) is 29.2 Å². The zero-order valence-electron chi connectivity index (χ0n) is 15.6. The number of piperazine rings is 1. The van der Waals surface area contributed by atoms with Crippen molar-refractivity contribution >= 4 is 33.6 Å². The second kappa shape index (κ2) is 9.01. The fourth-order valence-corrected chi connectivity index (χ4v) is 4.51. The number of sulfonamides is 1. The minimum atomic E-state index is -3.63. The Balaban J connectivity index is 1.94. The van der Waals surface area contributed by atoms with Crippen LogP contribution in [0.3, 0.4) is 0 Å². The van der Waals surface area contributed by atoms with Crippen molar-refractivity contribution < 1.29 is 18.0 Å². The minimum Gasteiger partial charge on any atom is -0.336 e. The van der Waals surface area contributed by atoms with Gasteiger partial charge in [-0.15, -0.1) is 0 Å². The Morgan fingerprint density at radius 1 is 1.11 bits per heavy atom. The van der Waals surface area contributed by atoms with Gasteiger partial charge in [-0.1, -0.05) is 17.7 Å². The lowest BCUT2D eigenvalue weighted by molar-refractivity contribution is -0.125. The number of benzene rings is 1. The van der Waals surface area contributed by atoms with E-state index in [2.05, 4.69) is 10.6 Å². The standard InChI is InChI=1S/C17H25ClN4O4S/c1-12(2)19-17(24)20-16(23)13(3)21-7-9-22(10-8-21)27(25,26)15-6-4-5-14(18)11-15/h4-6,11-13H,7-10H2,1-3H3,(H2,19,20,23,24)/t13-/m1/s1. The quantitative estimate of drug-likeness (QED) is 0.753. The van der Waals surface area contributed by atoms with Crippen molar-refractivity contribution in [3.63, 3.8) is 0 Å². The Bertz CT molecular complexity index is 792. The molecule has 2 rings (SSSR count). The summed E-state index contributed by atoms with van der Waals surface area (Å²) in [6.07, 6.45) is 0. The number of urea groups is 1. The molecule has 10 heteroatoms. The van der Waals surface area contributed by atoms with Crippen LogP contribution in [-0.2, 0) is 14.8 Å². The van der Waals surface area contributed by atoms with Gasteiger partial charge in [0, 0.05) is 37.2 Å². The monoisotopic (exact) mass is 416 g/mol. The van der Waals surface area contributed by atoms with E-state index in [0.717, 1.165) is 0 Å². The summed E-state index contributed by atoms with van der Waals surface area (Å²) in [5.74, 6) is -0.417. The van der Waals surface area contributed by atoms with Gasteiger partial charge in [-0.2, -0.15) is 4.31 Å². The van der Waals surface area contributed by atoms with E-state index in [1.54, 1.807) is 32.9 Å². The normalized spacial score (nSPS) is 17.5. The number of imide groups is 1. The van der Waals surface area contributed by atoms with E-state index in [-0.39, 0.29) is 24.0 Å². The van der Waals surface area contributed by atoms with Crippen LogP contribution in [0.5, 0.6) is 0 Å². The molecule has 3 amide bonds. The number of nitrogens with one attached hydrogen (secondary N) is 2. The highest BCUT2D eigenvalue weighted by Crippen LogP contribution is 2.21. The lowest BCUT2D eigenvalue weighted by Crippen LogP contribution is -2.56. The maximum absolute atomic E-state index is 12.7. The van der Waals surface area contributed by atoms with Gasteiger partial charge in [0.05, 0.1) is 10.9 Å². The average Bonchev–Trinajstić information content (AvgIpc) is 2.60. The fraction of sp³-hybridized carbons (Fsp3) is 0.529. The molecule has 0 aliphatic carbocycles. The summed E-state index contributed by atoms with van der Waals surface area (Å²) in [6.45, 7) is 6.58. The van der Waals surface area contributed by atoms with Gasteiger partial charge in [0.2, 0.25) is 15.9 Å². The largest absolute Gasteiger partial charge is 0.336 e. The summed E-state index contributed by atoms with van der Waals surface area (Å²) in [4.78, 5) is 25.9. The highest BCUT2D eigenvalue weighted by atomic mass is 35.5. The first-order valence-corrected chi connectivity index (χ1v) is 10.5. The van der Waals surface area contributed by atoms with Crippen LogP contribution >= 0.6 is 11.6 Å². The molecule has 1 saturated heterocycles. The molecule has 0 radical (unpaired) electrons. The summed E-state index contributed by atoms with van der Waals surface area (Å²) in [7, 11) is -3.63. The zero-order valence-corrected chi connectivity index (χ0v) is 17.2. The summed E-state index contributed by atoms with van der Waals surface area (Å²) in [6, 6.07) is 4.99. The van der Waals surface area contributed by atoms with E-state index in [9.17, 15) is 18.0 Å². The van der Waals surface area contributed by atoms with Gasteiger partial charge in [-0.25, -0.2) is 13.2 Å². The molecule has 1 fully saturated rings. The smallest absolute Gasteiger partial charge is 0.321 e. The van der Waals surface area contributed by atoms with E-state index in [4.69, 9.17) is 11.6 Å². The Kier molecular flexibility index (Phi) is 7.21. The summed E-state index contributed by atoms with van der Waals surface area (Å²) in [5.41, 5.74) is 0. The van der Waals surface area contributed by atoms with Gasteiger partial charge in [-0.3, -0.25) is 15.0 Å². The molecule has 0 unspecified atom stereocenters. The van der Waals surface area contributed by atoms with Gasteiger partial charge < -0.3 is 5.32 Å². The third-order valence-corrected chi connectivity index (χ3v) is 6.42. The van der Waals surface area contributed by atoms with Gasteiger partial charge in [0.1, 0.15) is 0 Å². The van der Waals surface area contributed by atoms with Gasteiger partial charge in [-0.05, 0) is 39.0 Å². The van der Waals surface area contributed by atoms with Crippen LogP contribution in [-0.4, -0.2) is 67.8 Å². The SMILES string of the molecule is CC(C)NC(=O)NC(=O)[C@@H](C)N1CCN(S(=O)(=O)c2cccc(Cl)c2)CC1. The van der Waals surface area contributed by atoms with Crippen LogP contribution in [0.1, 0.15) is 20.8 Å². The molecule has 0 aromatic heterocycles. The molecule has 1 aromatic carbocycles. The first kappa shape index (κ1) is 21.6. The summed E-state index contributed by atoms with van der Waals surface area (Å²) in [5, 5.41) is 5.26. The molecule has 0 bridgehead atoms. The molecule has 0 spiro atoms. The molecule has 27 heavy (non-hydrogen) atoms. The fourth-order valence-electron chi connectivity index (χ4n) is 2.79. The van der Waals surface area contributed by atoms with Crippen molar-refractivity contribution in [3.05, 3.63) is 29.3 Å². The first-order chi connectivity index (χ1) is 12.6. The van der Waals surface area contributed by atoms with Gasteiger partial charge in [0.15, 0.2) is 0 Å². The maximum atomic E-state index is 12.7. The van der Waals surface area contributed by atoms with Crippen LogP contribution in [0.4, 0.5) is 4.79 Å². The van der Waals surface area contributed by atoms with Crippen LogP contribution < -0.4 is 10.6 Å². The predicted octanol–water partition coefficient (Wildman–Crippen LogP) is 1.27. The number of rotatable bonds is 5. The molecule has 1 atom stereocenters. The Morgan fingerprint density at radius 3 is 2.30 bits per heavy atom. The second-order valence-electron chi connectivity index (χ2n) is 6.69. The van der Waals surface area contributed by atoms with Crippen molar-refractivity contribution in [1.29, 1.82) is 0 Å². The van der Waals surface area contributed by atoms with E-state index < -0.39 is 28.0 Å². The maximum Gasteiger partial charge on any atom is 0.321 e. The minimum absolute atomic E-state index is 0.0756. The van der Waals surface area contributed by atoms with E-state index in [0.29, 0.717) is 18.1 Å². The van der Waals surface area contributed by atoms with Crippen molar-refractivity contribution in [3.8, 4) is 0 Å². The molecular weight excluding hydrogens is 392 g/mol. The van der Waals surface area contributed by atoms with Crippen molar-refractivity contribution in [2.24, 2.45) is 0 Å². The van der Waals surface area contributed by atoms with Crippen LogP contribution in [0.2, 0.25) is 5.02 Å². The molecule has 150 valence electrons. The molecular formula is C17H25ClN4O4S. The number of nitrogens with zero attached hydrogens (tertiary/aromatic N) is 2. The molecule has 1 heterocycles. The molecule has 1 aliphatic rings. The molecule has 1 aliphatic heterocycles. The topological polar surface area (TPSA) is 98.8 Å². The van der Waals surface area contributed by atoms with Crippen LogP contribution in [0.25, 0.3) is 0 Å². The third kappa shape index (κ3) is 5.65. The average molecular weight is 417 g/mol. The Morgan fingerprint density at radius 2 is 1.74 bits per heavy atom. The zero-order chi connectivity index (χ0) is 20.2. The van der Waals surface area contributed by atoms with E-state index in [1.165, 1.54) is 16.4 Å². The van der Waals surface area contributed by atoms with Gasteiger partial charge in [0.25, 0.3) is 0 Å². The lowest BCUT2D eigenvalue weighted by Gasteiger charge is -2.36. The highest BCUT2D eigenvalue weighted by Gasteiger charge is 2.32. The van der Waals surface area contributed by atoms with E-state index >= 15 is 0 Å². The number of amides is 3. The highest BCUT2D eigenvalue weighted by molar-refractivity contribution is 7.89. The first-order valence-electron chi connectivity index (χ1n) is 8.72. The summed E-state index contributed by atoms with van der Waals surface area (Å²) >= 11 is 5.89. The number of carbonyl (C=O) groups is 2. The number of carbonyl (C=O) groups excluding carboxylic acids is 2. The van der Waals surface area contributed by atoms with E-state index in [1.807, 2.05) is 4.90 Å². The predicted molar refractivity (Wildman–Crippen MR) is 103 cm³/mol. The Labute approximate surface area is 164 Å². The van der Waals surface area contributed by atoms with Crippen molar-refractivity contribution in [1.82, 2.24) is 19.8 Å². The number of halogens is 1.